The van der Waals surface area contributed by atoms with Crippen molar-refractivity contribution in [2.75, 3.05) is 6.61 Å². The van der Waals surface area contributed by atoms with Crippen molar-refractivity contribution in [2.24, 2.45) is 0 Å². The number of carbonyl (C=O) groups is 1. The molecule has 0 saturated heterocycles. The van der Waals surface area contributed by atoms with E-state index in [1.807, 2.05) is 62.4 Å². The van der Waals surface area contributed by atoms with Gasteiger partial charge in [-0.05, 0) is 31.5 Å². The van der Waals surface area contributed by atoms with Crippen LogP contribution in [0.5, 0.6) is 0 Å². The molecule has 1 N–H and O–H groups in total. The average molecular weight is 284 g/mol. The summed E-state index contributed by atoms with van der Waals surface area (Å²) in [5, 5.41) is 3.30. The van der Waals surface area contributed by atoms with Crippen molar-refractivity contribution in [2.45, 2.75) is 25.9 Å². The number of hydrogen-bond acceptors (Lipinski definition) is 4. The van der Waals surface area contributed by atoms with E-state index in [4.69, 9.17) is 4.74 Å². The summed E-state index contributed by atoms with van der Waals surface area (Å²) in [5.74, 6) is -0.272. The van der Waals surface area contributed by atoms with Crippen molar-refractivity contribution < 1.29 is 9.53 Å². The maximum Gasteiger partial charge on any atom is 0.327 e. The molecule has 0 fully saturated rings. The Morgan fingerprint density at radius 3 is 2.52 bits per heavy atom. The molecule has 1 aromatic carbocycles. The minimum Gasteiger partial charge on any atom is -0.465 e. The van der Waals surface area contributed by atoms with E-state index in [0.717, 1.165) is 11.3 Å². The molecule has 0 aliphatic rings. The highest BCUT2D eigenvalue weighted by Gasteiger charge is 2.24. The molecule has 21 heavy (non-hydrogen) atoms. The summed E-state index contributed by atoms with van der Waals surface area (Å²) in [6, 6.07) is 14.8. The normalized spacial score (nSPS) is 13.4. The first-order valence-electron chi connectivity index (χ1n) is 7.11. The van der Waals surface area contributed by atoms with Crippen LogP contribution in [0.15, 0.2) is 54.7 Å². The molecule has 0 aliphatic carbocycles. The Labute approximate surface area is 125 Å². The standard InChI is InChI=1S/C17H20N2O2/c1-3-21-17(20)16(14-9-5-4-6-10-14)19-13(2)15-11-7-8-12-18-15/h4-13,16,19H,3H2,1-2H3/t13-,16?/m1/s1. The van der Waals surface area contributed by atoms with E-state index in [0.29, 0.717) is 6.61 Å². The minimum atomic E-state index is -0.497. The van der Waals surface area contributed by atoms with Crippen LogP contribution in [0, 0.1) is 0 Å². The van der Waals surface area contributed by atoms with E-state index in [9.17, 15) is 4.79 Å². The average Bonchev–Trinajstić information content (AvgIpc) is 2.54. The van der Waals surface area contributed by atoms with E-state index in [1.165, 1.54) is 0 Å². The lowest BCUT2D eigenvalue weighted by Crippen LogP contribution is -2.32. The topological polar surface area (TPSA) is 51.2 Å². The molecule has 0 bridgehead atoms. The van der Waals surface area contributed by atoms with Crippen LogP contribution in [0.4, 0.5) is 0 Å². The van der Waals surface area contributed by atoms with E-state index in [2.05, 4.69) is 10.3 Å². The first-order valence-corrected chi connectivity index (χ1v) is 7.11. The molecular formula is C17H20N2O2. The van der Waals surface area contributed by atoms with Gasteiger partial charge in [-0.3, -0.25) is 10.3 Å². The molecule has 0 saturated carbocycles. The van der Waals surface area contributed by atoms with Gasteiger partial charge in [0.2, 0.25) is 0 Å². The summed E-state index contributed by atoms with van der Waals surface area (Å²) in [4.78, 5) is 16.5. The molecule has 0 radical (unpaired) electrons. The fourth-order valence-electron chi connectivity index (χ4n) is 2.14. The molecule has 1 unspecified atom stereocenters. The summed E-state index contributed by atoms with van der Waals surface area (Å²) in [6.07, 6.45) is 1.75. The Morgan fingerprint density at radius 1 is 1.19 bits per heavy atom. The van der Waals surface area contributed by atoms with Gasteiger partial charge in [0.05, 0.1) is 12.3 Å². The van der Waals surface area contributed by atoms with Crippen LogP contribution in [0.3, 0.4) is 0 Å². The van der Waals surface area contributed by atoms with Gasteiger partial charge in [0.1, 0.15) is 6.04 Å². The van der Waals surface area contributed by atoms with Gasteiger partial charge in [-0.25, -0.2) is 4.79 Å². The Balaban J connectivity index is 2.18. The third kappa shape index (κ3) is 4.13. The summed E-state index contributed by atoms with van der Waals surface area (Å²) in [6.45, 7) is 4.15. The Morgan fingerprint density at radius 2 is 1.90 bits per heavy atom. The van der Waals surface area contributed by atoms with E-state index >= 15 is 0 Å². The monoisotopic (exact) mass is 284 g/mol. The lowest BCUT2D eigenvalue weighted by atomic mass is 10.1. The number of nitrogens with one attached hydrogen (secondary N) is 1. The zero-order chi connectivity index (χ0) is 15.1. The van der Waals surface area contributed by atoms with Gasteiger partial charge in [0, 0.05) is 12.2 Å². The SMILES string of the molecule is CCOC(=O)C(N[C@H](C)c1ccccn1)c1ccccc1. The van der Waals surface area contributed by atoms with Crippen molar-refractivity contribution in [3.05, 3.63) is 66.0 Å². The van der Waals surface area contributed by atoms with Crippen LogP contribution in [-0.2, 0) is 9.53 Å². The highest BCUT2D eigenvalue weighted by atomic mass is 16.5. The minimum absolute atomic E-state index is 0.0548. The van der Waals surface area contributed by atoms with E-state index < -0.39 is 6.04 Å². The molecule has 0 aliphatic heterocycles. The highest BCUT2D eigenvalue weighted by Crippen LogP contribution is 2.19. The molecule has 1 heterocycles. The van der Waals surface area contributed by atoms with Crippen LogP contribution in [0.1, 0.15) is 37.2 Å². The second-order valence-electron chi connectivity index (χ2n) is 4.74. The fourth-order valence-corrected chi connectivity index (χ4v) is 2.14. The zero-order valence-electron chi connectivity index (χ0n) is 12.3. The van der Waals surface area contributed by atoms with E-state index in [-0.39, 0.29) is 12.0 Å². The second kappa shape index (κ2) is 7.55. The molecule has 4 heteroatoms. The van der Waals surface area contributed by atoms with Gasteiger partial charge in [0.15, 0.2) is 0 Å². The first-order chi connectivity index (χ1) is 10.2. The molecule has 2 atom stereocenters. The lowest BCUT2D eigenvalue weighted by molar-refractivity contribution is -0.146. The Kier molecular flexibility index (Phi) is 5.46. The van der Waals surface area contributed by atoms with E-state index in [1.54, 1.807) is 6.20 Å². The number of rotatable bonds is 6. The van der Waals surface area contributed by atoms with Crippen LogP contribution in [0.2, 0.25) is 0 Å². The number of nitrogens with zero attached hydrogens (tertiary/aromatic N) is 1. The maximum absolute atomic E-state index is 12.2. The van der Waals surface area contributed by atoms with Crippen molar-refractivity contribution in [1.29, 1.82) is 0 Å². The first kappa shape index (κ1) is 15.2. The number of ether oxygens (including phenoxy) is 1. The van der Waals surface area contributed by atoms with Gasteiger partial charge in [-0.2, -0.15) is 0 Å². The third-order valence-electron chi connectivity index (χ3n) is 3.20. The van der Waals surface area contributed by atoms with Crippen LogP contribution < -0.4 is 5.32 Å². The smallest absolute Gasteiger partial charge is 0.327 e. The second-order valence-corrected chi connectivity index (χ2v) is 4.74. The van der Waals surface area contributed by atoms with Crippen molar-refractivity contribution in [3.63, 3.8) is 0 Å². The number of hydrogen-bond donors (Lipinski definition) is 1. The van der Waals surface area contributed by atoms with Gasteiger partial charge < -0.3 is 4.74 Å². The zero-order valence-corrected chi connectivity index (χ0v) is 12.3. The molecule has 0 spiro atoms. The predicted molar refractivity (Wildman–Crippen MR) is 81.6 cm³/mol. The summed E-state index contributed by atoms with van der Waals surface area (Å²) in [7, 11) is 0. The van der Waals surface area contributed by atoms with Gasteiger partial charge in [-0.15, -0.1) is 0 Å². The molecule has 0 amide bonds. The van der Waals surface area contributed by atoms with Crippen LogP contribution >= 0.6 is 0 Å². The summed E-state index contributed by atoms with van der Waals surface area (Å²) < 4.78 is 5.17. The largest absolute Gasteiger partial charge is 0.465 e. The Hall–Kier alpha value is -2.20. The van der Waals surface area contributed by atoms with Gasteiger partial charge in [0.25, 0.3) is 0 Å². The fraction of sp³-hybridized carbons (Fsp3) is 0.294. The number of benzene rings is 1. The quantitative estimate of drug-likeness (QED) is 0.828. The number of pyridine rings is 1. The van der Waals surface area contributed by atoms with Crippen molar-refractivity contribution in [3.8, 4) is 0 Å². The molecule has 2 rings (SSSR count). The summed E-state index contributed by atoms with van der Waals surface area (Å²) >= 11 is 0. The summed E-state index contributed by atoms with van der Waals surface area (Å²) in [5.41, 5.74) is 1.78. The van der Waals surface area contributed by atoms with Crippen molar-refractivity contribution in [1.82, 2.24) is 10.3 Å². The van der Waals surface area contributed by atoms with Crippen LogP contribution in [-0.4, -0.2) is 17.6 Å². The highest BCUT2D eigenvalue weighted by molar-refractivity contribution is 5.77. The van der Waals surface area contributed by atoms with Crippen molar-refractivity contribution >= 4 is 5.97 Å². The molecule has 1 aromatic heterocycles. The van der Waals surface area contributed by atoms with Gasteiger partial charge in [-0.1, -0.05) is 36.4 Å². The number of esters is 1. The molecule has 2 aromatic rings. The van der Waals surface area contributed by atoms with Crippen LogP contribution in [0.25, 0.3) is 0 Å². The predicted octanol–water partition coefficient (Wildman–Crippen LogP) is 3.04. The maximum atomic E-state index is 12.2. The molecule has 4 nitrogen and oxygen atoms in total. The third-order valence-corrected chi connectivity index (χ3v) is 3.20. The van der Waals surface area contributed by atoms with Gasteiger partial charge >= 0.3 is 5.97 Å². The Bertz CT molecular complexity index is 558. The molecular weight excluding hydrogens is 264 g/mol. The molecule has 110 valence electrons. The lowest BCUT2D eigenvalue weighted by Gasteiger charge is -2.22. The number of aromatic nitrogens is 1. The number of carbonyl (C=O) groups excluding carboxylic acids is 1.